The van der Waals surface area contributed by atoms with E-state index in [1.54, 1.807) is 18.7 Å². The highest BCUT2D eigenvalue weighted by Gasteiger charge is 2.26. The summed E-state index contributed by atoms with van der Waals surface area (Å²) in [7, 11) is 0. The van der Waals surface area contributed by atoms with Crippen LogP contribution in [0.15, 0.2) is 42.5 Å². The van der Waals surface area contributed by atoms with Gasteiger partial charge in [-0.1, -0.05) is 24.3 Å². The first-order chi connectivity index (χ1) is 14.0. The van der Waals surface area contributed by atoms with Crippen LogP contribution in [0.1, 0.15) is 25.0 Å². The number of hydrogen-bond acceptors (Lipinski definition) is 5. The number of aliphatic hydroxyl groups excluding tert-OH is 1. The smallest absolute Gasteiger partial charge is 0.411 e. The van der Waals surface area contributed by atoms with Gasteiger partial charge in [0, 0.05) is 12.2 Å². The predicted molar refractivity (Wildman–Crippen MR) is 113 cm³/mol. The molecule has 0 atom stereocenters. The Balaban J connectivity index is 1.96. The Morgan fingerprint density at radius 3 is 2.55 bits per heavy atom. The molecule has 3 N–H and O–H groups in total. The van der Waals surface area contributed by atoms with Crippen LogP contribution in [0.25, 0.3) is 0 Å². The van der Waals surface area contributed by atoms with Crippen molar-refractivity contribution in [3.8, 4) is 0 Å². The molecule has 0 aliphatic carbocycles. The van der Waals surface area contributed by atoms with Crippen molar-refractivity contribution in [2.75, 3.05) is 29.9 Å². The van der Waals surface area contributed by atoms with Gasteiger partial charge in [0.05, 0.1) is 30.6 Å². The zero-order chi connectivity index (χ0) is 20.8. The Morgan fingerprint density at radius 1 is 1.10 bits per heavy atom. The molecule has 0 spiro atoms. The molecule has 0 saturated heterocycles. The number of aryl methyl sites for hydroxylation is 2. The summed E-state index contributed by atoms with van der Waals surface area (Å²) in [6.07, 6.45) is 0.852. The van der Waals surface area contributed by atoms with E-state index in [9.17, 15) is 9.59 Å². The van der Waals surface area contributed by atoms with Gasteiger partial charge in [-0.3, -0.25) is 15.0 Å². The van der Waals surface area contributed by atoms with Gasteiger partial charge in [0.1, 0.15) is 0 Å². The second-order valence-corrected chi connectivity index (χ2v) is 7.18. The van der Waals surface area contributed by atoms with Crippen molar-refractivity contribution in [2.24, 2.45) is 0 Å². The number of carbonyl (C=O) groups excluding carboxylic acids is 2. The fourth-order valence-corrected chi connectivity index (χ4v) is 3.38. The van der Waals surface area contributed by atoms with E-state index in [4.69, 9.17) is 9.84 Å². The first kappa shape index (κ1) is 20.8. The number of fused-ring (bicyclic) bond motifs is 2. The molecule has 0 radical (unpaired) electrons. The second-order valence-electron chi connectivity index (χ2n) is 7.18. The lowest BCUT2D eigenvalue weighted by Gasteiger charge is -2.26. The van der Waals surface area contributed by atoms with Crippen LogP contribution in [0, 0.1) is 0 Å². The van der Waals surface area contributed by atoms with Gasteiger partial charge in [0.25, 0.3) is 0 Å². The van der Waals surface area contributed by atoms with E-state index in [0.717, 1.165) is 35.3 Å². The fraction of sp³-hybridized carbons (Fsp3) is 0.364. The molecule has 0 unspecified atom stereocenters. The maximum absolute atomic E-state index is 13.1. The fourth-order valence-electron chi connectivity index (χ4n) is 3.38. The van der Waals surface area contributed by atoms with Crippen molar-refractivity contribution >= 4 is 29.1 Å². The largest absolute Gasteiger partial charge is 0.447 e. The summed E-state index contributed by atoms with van der Waals surface area (Å²) in [5, 5.41) is 14.7. The molecule has 3 rings (SSSR count). The van der Waals surface area contributed by atoms with Gasteiger partial charge >= 0.3 is 6.09 Å². The van der Waals surface area contributed by atoms with Crippen LogP contribution < -0.4 is 15.5 Å². The zero-order valence-electron chi connectivity index (χ0n) is 16.8. The van der Waals surface area contributed by atoms with Gasteiger partial charge in [-0.15, -0.1) is 0 Å². The molecule has 1 aliphatic rings. The first-order valence-corrected chi connectivity index (χ1v) is 9.82. The number of nitrogens with one attached hydrogen (secondary N) is 2. The summed E-state index contributed by atoms with van der Waals surface area (Å²) in [6.45, 7) is 3.98. The van der Waals surface area contributed by atoms with Gasteiger partial charge in [-0.2, -0.15) is 0 Å². The summed E-state index contributed by atoms with van der Waals surface area (Å²) in [4.78, 5) is 26.8. The van der Waals surface area contributed by atoms with Crippen LogP contribution in [0.5, 0.6) is 0 Å². The number of aliphatic hydroxyl groups is 1. The number of benzene rings is 2. The van der Waals surface area contributed by atoms with E-state index in [1.807, 2.05) is 42.5 Å². The molecule has 2 aromatic rings. The van der Waals surface area contributed by atoms with Crippen LogP contribution in [0.3, 0.4) is 0 Å². The van der Waals surface area contributed by atoms with Crippen LogP contribution in [0.4, 0.5) is 21.9 Å². The topological polar surface area (TPSA) is 90.9 Å². The average Bonchev–Trinajstić information content (AvgIpc) is 2.84. The molecule has 29 heavy (non-hydrogen) atoms. The number of ether oxygens (including phenoxy) is 1. The van der Waals surface area contributed by atoms with E-state index < -0.39 is 6.09 Å². The minimum absolute atomic E-state index is 0.0352. The number of amides is 2. The molecular weight excluding hydrogens is 370 g/mol. The normalized spacial score (nSPS) is 12.8. The molecule has 0 saturated carbocycles. The minimum atomic E-state index is -0.531. The molecule has 154 valence electrons. The van der Waals surface area contributed by atoms with Crippen LogP contribution in [0.2, 0.25) is 0 Å². The van der Waals surface area contributed by atoms with Gasteiger partial charge in [-0.05, 0) is 56.0 Å². The van der Waals surface area contributed by atoms with Crippen molar-refractivity contribution in [2.45, 2.75) is 32.8 Å². The third kappa shape index (κ3) is 5.13. The van der Waals surface area contributed by atoms with Gasteiger partial charge < -0.3 is 15.2 Å². The zero-order valence-corrected chi connectivity index (χ0v) is 16.8. The number of nitrogens with zero attached hydrogens (tertiary/aromatic N) is 1. The first-order valence-electron chi connectivity index (χ1n) is 9.82. The van der Waals surface area contributed by atoms with Crippen molar-refractivity contribution < 1.29 is 19.4 Å². The van der Waals surface area contributed by atoms with E-state index >= 15 is 0 Å². The lowest BCUT2D eigenvalue weighted by atomic mass is 10.0. The van der Waals surface area contributed by atoms with Gasteiger partial charge in [0.2, 0.25) is 5.91 Å². The number of para-hydroxylation sites is 1. The van der Waals surface area contributed by atoms with Gasteiger partial charge in [0.15, 0.2) is 0 Å². The Labute approximate surface area is 170 Å². The molecule has 0 aromatic heterocycles. The maximum Gasteiger partial charge on any atom is 0.411 e. The van der Waals surface area contributed by atoms with Crippen LogP contribution >= 0.6 is 0 Å². The monoisotopic (exact) mass is 397 g/mol. The molecule has 7 nitrogen and oxygen atoms in total. The minimum Gasteiger partial charge on any atom is -0.447 e. The Bertz CT molecular complexity index is 882. The standard InChI is InChI=1S/C22H27N3O4/c1-15(2)29-22(28)24-18-10-9-17-8-7-16-5-3-4-6-19(16)25(20(17)13-18)21(27)14-23-11-12-26/h3-6,9-10,13,15,23,26H,7-8,11-12,14H2,1-2H3,(H,24,28). The lowest BCUT2D eigenvalue weighted by Crippen LogP contribution is -2.36. The van der Waals surface area contributed by atoms with Crippen LogP contribution in [-0.4, -0.2) is 42.9 Å². The number of rotatable bonds is 6. The van der Waals surface area contributed by atoms with E-state index in [2.05, 4.69) is 10.6 Å². The number of hydrogen-bond donors (Lipinski definition) is 3. The average molecular weight is 397 g/mol. The highest BCUT2D eigenvalue weighted by Crippen LogP contribution is 2.37. The van der Waals surface area contributed by atoms with Gasteiger partial charge in [-0.25, -0.2) is 4.79 Å². The molecule has 0 fully saturated rings. The Hall–Kier alpha value is -2.90. The number of carbonyl (C=O) groups is 2. The molecule has 2 amide bonds. The third-order valence-electron chi connectivity index (χ3n) is 4.63. The second kappa shape index (κ2) is 9.54. The van der Waals surface area contributed by atoms with E-state index in [-0.39, 0.29) is 25.2 Å². The molecule has 2 aromatic carbocycles. The predicted octanol–water partition coefficient (Wildman–Crippen LogP) is 2.99. The highest BCUT2D eigenvalue weighted by molar-refractivity contribution is 6.04. The Morgan fingerprint density at radius 2 is 1.83 bits per heavy atom. The summed E-state index contributed by atoms with van der Waals surface area (Å²) in [5.74, 6) is -0.129. The van der Waals surface area contributed by atoms with Crippen molar-refractivity contribution in [3.05, 3.63) is 53.6 Å². The molecule has 0 bridgehead atoms. The van der Waals surface area contributed by atoms with Crippen molar-refractivity contribution in [1.82, 2.24) is 5.32 Å². The van der Waals surface area contributed by atoms with Crippen molar-refractivity contribution in [3.63, 3.8) is 0 Å². The molecule has 1 aliphatic heterocycles. The van der Waals surface area contributed by atoms with E-state index in [1.165, 1.54) is 0 Å². The van der Waals surface area contributed by atoms with Crippen molar-refractivity contribution in [1.29, 1.82) is 0 Å². The quantitative estimate of drug-likeness (QED) is 0.652. The lowest BCUT2D eigenvalue weighted by molar-refractivity contribution is -0.117. The van der Waals surface area contributed by atoms with E-state index in [0.29, 0.717) is 12.2 Å². The third-order valence-corrected chi connectivity index (χ3v) is 4.63. The SMILES string of the molecule is CC(C)OC(=O)Nc1ccc2c(c1)N(C(=O)CNCCO)c1ccccc1CC2. The summed E-state index contributed by atoms with van der Waals surface area (Å²) >= 11 is 0. The molecule has 1 heterocycles. The Kier molecular flexibility index (Phi) is 6.85. The molecular formula is C22H27N3O4. The number of anilines is 3. The summed E-state index contributed by atoms with van der Waals surface area (Å²) in [6, 6.07) is 13.4. The summed E-state index contributed by atoms with van der Waals surface area (Å²) < 4.78 is 5.15. The molecule has 7 heteroatoms. The highest BCUT2D eigenvalue weighted by atomic mass is 16.6. The maximum atomic E-state index is 13.1. The summed E-state index contributed by atoms with van der Waals surface area (Å²) in [5.41, 5.74) is 4.26. The van der Waals surface area contributed by atoms with Crippen LogP contribution in [-0.2, 0) is 22.4 Å².